The molecule has 1 heterocycles. The summed E-state index contributed by atoms with van der Waals surface area (Å²) in [4.78, 5) is 68.1. The van der Waals surface area contributed by atoms with Crippen molar-refractivity contribution in [2.45, 2.75) is 68.3 Å². The maximum atomic E-state index is 14.0. The third-order valence-corrected chi connectivity index (χ3v) is 8.90. The molecule has 18 heteroatoms. The Morgan fingerprint density at radius 1 is 0.958 bits per heavy atom. The van der Waals surface area contributed by atoms with Crippen LogP contribution in [0.1, 0.15) is 51.4 Å². The average molecular weight is 716 g/mol. The molecule has 1 aliphatic heterocycles. The van der Waals surface area contributed by atoms with Crippen LogP contribution in [-0.2, 0) is 24.0 Å². The van der Waals surface area contributed by atoms with Gasteiger partial charge in [0, 0.05) is 47.9 Å². The number of hydrogen-bond acceptors (Lipinski definition) is 9. The van der Waals surface area contributed by atoms with E-state index in [1.807, 2.05) is 0 Å². The fourth-order valence-corrected chi connectivity index (χ4v) is 6.23. The molecule has 1 fully saturated rings. The maximum absolute atomic E-state index is 14.0. The molecule has 3 rings (SSSR count). The molecular formula is C30H30F5N5O6S2. The lowest BCUT2D eigenvalue weighted by molar-refractivity contribution is -0.146. The van der Waals surface area contributed by atoms with Crippen molar-refractivity contribution in [3.8, 4) is 5.75 Å². The van der Waals surface area contributed by atoms with Crippen LogP contribution in [0.4, 0.5) is 22.0 Å². The molecule has 0 saturated carbocycles. The van der Waals surface area contributed by atoms with Gasteiger partial charge in [0.2, 0.25) is 51.8 Å². The Bertz CT molecular complexity index is 1540. The van der Waals surface area contributed by atoms with E-state index in [0.717, 1.165) is 16.7 Å². The summed E-state index contributed by atoms with van der Waals surface area (Å²) in [6.07, 6.45) is 0.807. The summed E-state index contributed by atoms with van der Waals surface area (Å²) in [5, 5.41) is 5.25. The van der Waals surface area contributed by atoms with Crippen LogP contribution in [0.25, 0.3) is 10.4 Å². The first-order chi connectivity index (χ1) is 22.9. The molecule has 11 nitrogen and oxygen atoms in total. The standard InChI is InChI=1S/C30H30F5N5O6S2/c31-23-24(32)26(34)28(27(35)25(23)33)46-29(44)19-9-6-15-40(19)21(42)13-16-47-30(45)18(38-20(41)10-4-5-14-37-39-36)11-12-22(43)48-17-7-2-1-3-8-17/h1-3,7-8,18-19H,4-6,9-16H2,(H,38,41)/t18-,19-/m0/s1. The van der Waals surface area contributed by atoms with Crippen LogP contribution < -0.4 is 10.1 Å². The number of amides is 2. The van der Waals surface area contributed by atoms with Crippen molar-refractivity contribution in [1.82, 2.24) is 10.2 Å². The number of azide groups is 1. The summed E-state index contributed by atoms with van der Waals surface area (Å²) in [6, 6.07) is 6.40. The number of hydrogen-bond donors (Lipinski definition) is 1. The minimum Gasteiger partial charge on any atom is -0.418 e. The van der Waals surface area contributed by atoms with Crippen LogP contribution in [-0.4, -0.2) is 63.8 Å². The molecule has 0 spiro atoms. The number of esters is 1. The summed E-state index contributed by atoms with van der Waals surface area (Å²) in [5.74, 6) is -16.0. The Labute approximate surface area is 279 Å². The van der Waals surface area contributed by atoms with Crippen molar-refractivity contribution in [2.75, 3.05) is 18.8 Å². The average Bonchev–Trinajstić information content (AvgIpc) is 3.57. The number of thioether (sulfide) groups is 2. The number of benzene rings is 2. The number of rotatable bonds is 16. The van der Waals surface area contributed by atoms with Crippen molar-refractivity contribution in [3.05, 3.63) is 69.9 Å². The lowest BCUT2D eigenvalue weighted by Crippen LogP contribution is -2.43. The molecule has 2 aromatic carbocycles. The largest absolute Gasteiger partial charge is 0.418 e. The normalized spacial score (nSPS) is 14.6. The van der Waals surface area contributed by atoms with E-state index in [-0.39, 0.29) is 62.5 Å². The third kappa shape index (κ3) is 11.0. The van der Waals surface area contributed by atoms with Crippen molar-refractivity contribution >= 4 is 51.5 Å². The Hall–Kier alpha value is -4.15. The zero-order chi connectivity index (χ0) is 35.2. The van der Waals surface area contributed by atoms with Gasteiger partial charge in [-0.3, -0.25) is 19.2 Å². The zero-order valence-electron chi connectivity index (χ0n) is 25.3. The first-order valence-electron chi connectivity index (χ1n) is 14.7. The monoisotopic (exact) mass is 715 g/mol. The number of halogens is 5. The third-order valence-electron chi connectivity index (χ3n) is 6.98. The van der Waals surface area contributed by atoms with Crippen LogP contribution in [0.2, 0.25) is 0 Å². The highest BCUT2D eigenvalue weighted by Gasteiger charge is 2.37. The molecule has 1 saturated heterocycles. The van der Waals surface area contributed by atoms with Crippen LogP contribution in [0.15, 0.2) is 40.3 Å². The smallest absolute Gasteiger partial charge is 0.334 e. The summed E-state index contributed by atoms with van der Waals surface area (Å²) in [6.45, 7) is 0.238. The van der Waals surface area contributed by atoms with Gasteiger partial charge in [0.1, 0.15) is 6.04 Å². The summed E-state index contributed by atoms with van der Waals surface area (Å²) in [7, 11) is 0. The fraction of sp³-hybridized carbons (Fsp3) is 0.433. The Kier molecular flexibility index (Phi) is 15.2. The molecule has 1 N–H and O–H groups in total. The van der Waals surface area contributed by atoms with Crippen LogP contribution >= 0.6 is 23.5 Å². The molecular weight excluding hydrogens is 685 g/mol. The highest BCUT2D eigenvalue weighted by molar-refractivity contribution is 8.14. The number of unbranched alkanes of at least 4 members (excludes halogenated alkanes) is 1. The Balaban J connectivity index is 1.57. The molecule has 0 bridgehead atoms. The molecule has 0 aromatic heterocycles. The number of carbonyl (C=O) groups is 5. The molecule has 0 aliphatic carbocycles. The van der Waals surface area contributed by atoms with Crippen LogP contribution in [0.3, 0.4) is 0 Å². The van der Waals surface area contributed by atoms with Crippen molar-refractivity contribution in [2.24, 2.45) is 5.11 Å². The zero-order valence-corrected chi connectivity index (χ0v) is 26.9. The van der Waals surface area contributed by atoms with Gasteiger partial charge in [0.15, 0.2) is 5.12 Å². The number of ether oxygens (including phenoxy) is 1. The molecule has 48 heavy (non-hydrogen) atoms. The van der Waals surface area contributed by atoms with Gasteiger partial charge in [0.05, 0.1) is 6.04 Å². The van der Waals surface area contributed by atoms with Gasteiger partial charge in [-0.15, -0.1) is 0 Å². The van der Waals surface area contributed by atoms with E-state index < -0.39 is 69.8 Å². The predicted octanol–water partition coefficient (Wildman–Crippen LogP) is 5.99. The van der Waals surface area contributed by atoms with E-state index in [4.69, 9.17) is 5.53 Å². The second kappa shape index (κ2) is 19.0. The number of nitrogens with one attached hydrogen (secondary N) is 1. The molecule has 2 atom stereocenters. The Morgan fingerprint density at radius 3 is 2.29 bits per heavy atom. The van der Waals surface area contributed by atoms with E-state index in [9.17, 15) is 45.9 Å². The van der Waals surface area contributed by atoms with Crippen molar-refractivity contribution in [3.63, 3.8) is 0 Å². The lowest BCUT2D eigenvalue weighted by atomic mass is 10.1. The van der Waals surface area contributed by atoms with Gasteiger partial charge < -0.3 is 15.0 Å². The molecule has 0 unspecified atom stereocenters. The van der Waals surface area contributed by atoms with E-state index >= 15 is 0 Å². The van der Waals surface area contributed by atoms with Gasteiger partial charge in [-0.2, -0.15) is 8.78 Å². The summed E-state index contributed by atoms with van der Waals surface area (Å²) < 4.78 is 73.0. The second-order valence-corrected chi connectivity index (χ2v) is 12.6. The van der Waals surface area contributed by atoms with Gasteiger partial charge >= 0.3 is 5.97 Å². The maximum Gasteiger partial charge on any atom is 0.334 e. The van der Waals surface area contributed by atoms with E-state index in [1.165, 1.54) is 0 Å². The molecule has 2 amide bonds. The molecule has 0 radical (unpaired) electrons. The number of nitrogens with zero attached hydrogens (tertiary/aromatic N) is 4. The van der Waals surface area contributed by atoms with Gasteiger partial charge in [0.25, 0.3) is 0 Å². The van der Waals surface area contributed by atoms with Gasteiger partial charge in [-0.05, 0) is 49.8 Å². The van der Waals surface area contributed by atoms with E-state index in [0.29, 0.717) is 29.5 Å². The molecule has 258 valence electrons. The van der Waals surface area contributed by atoms with Crippen LogP contribution in [0, 0.1) is 29.1 Å². The fourth-order valence-electron chi connectivity index (χ4n) is 4.60. The van der Waals surface area contributed by atoms with Gasteiger partial charge in [-0.1, -0.05) is 46.8 Å². The number of likely N-dealkylation sites (tertiary alicyclic amines) is 1. The van der Waals surface area contributed by atoms with E-state index in [1.54, 1.807) is 30.3 Å². The number of carbonyl (C=O) groups excluding carboxylic acids is 5. The summed E-state index contributed by atoms with van der Waals surface area (Å²) >= 11 is 1.70. The van der Waals surface area contributed by atoms with Crippen LogP contribution in [0.5, 0.6) is 5.75 Å². The minimum absolute atomic E-state index is 0.00195. The second-order valence-electron chi connectivity index (χ2n) is 10.3. The highest BCUT2D eigenvalue weighted by atomic mass is 32.2. The molecule has 1 aliphatic rings. The van der Waals surface area contributed by atoms with Gasteiger partial charge in [-0.25, -0.2) is 18.0 Å². The van der Waals surface area contributed by atoms with Crippen molar-refractivity contribution in [1.29, 1.82) is 0 Å². The predicted molar refractivity (Wildman–Crippen MR) is 165 cm³/mol. The minimum atomic E-state index is -2.42. The highest BCUT2D eigenvalue weighted by Crippen LogP contribution is 2.31. The molecule has 2 aromatic rings. The van der Waals surface area contributed by atoms with E-state index in [2.05, 4.69) is 20.1 Å². The topological polar surface area (TPSA) is 159 Å². The first kappa shape index (κ1) is 38.3. The quantitative estimate of drug-likeness (QED) is 0.0212. The first-order valence-corrected chi connectivity index (χ1v) is 16.5. The SMILES string of the molecule is [N-]=[N+]=NCCCCC(=O)N[C@@H](CCC(=O)Sc1ccccc1)C(=O)SCCC(=O)N1CCC[C@H]1C(=O)Oc1c(F)c(F)c(F)c(F)c1F. The lowest BCUT2D eigenvalue weighted by Gasteiger charge is -2.23. The Morgan fingerprint density at radius 2 is 1.62 bits per heavy atom. The van der Waals surface area contributed by atoms with Crippen molar-refractivity contribution < 1.29 is 50.7 Å². The summed E-state index contributed by atoms with van der Waals surface area (Å²) in [5.41, 5.74) is 8.36.